The van der Waals surface area contributed by atoms with Crippen molar-refractivity contribution in [3.05, 3.63) is 23.9 Å². The molecule has 0 saturated heterocycles. The minimum Gasteiger partial charge on any atom is -0.330 e. The van der Waals surface area contributed by atoms with Crippen molar-refractivity contribution in [2.45, 2.75) is 39.0 Å². The predicted octanol–water partition coefficient (Wildman–Crippen LogP) is 2.24. The number of amides is 1. The van der Waals surface area contributed by atoms with Crippen molar-refractivity contribution in [3.8, 4) is 0 Å². The standard InChI is InChI=1S/C13H21N3O/c1-11-7-6-8-12(15-11)16-13(17)9-4-2-3-5-10-14/h6-8H,2-5,9-10,14H2,1H3,(H,15,16,17). The first kappa shape index (κ1) is 13.6. The molecule has 0 aromatic carbocycles. The molecule has 0 unspecified atom stereocenters. The molecule has 0 spiro atoms. The fourth-order valence-electron chi connectivity index (χ4n) is 1.60. The summed E-state index contributed by atoms with van der Waals surface area (Å²) in [6, 6.07) is 5.60. The van der Waals surface area contributed by atoms with E-state index < -0.39 is 0 Å². The summed E-state index contributed by atoms with van der Waals surface area (Å²) < 4.78 is 0. The molecule has 0 fully saturated rings. The molecule has 0 aliphatic rings. The zero-order chi connectivity index (χ0) is 12.5. The first-order valence-electron chi connectivity index (χ1n) is 6.16. The van der Waals surface area contributed by atoms with Crippen molar-refractivity contribution >= 4 is 11.7 Å². The van der Waals surface area contributed by atoms with E-state index in [-0.39, 0.29) is 5.91 Å². The molecule has 1 heterocycles. The predicted molar refractivity (Wildman–Crippen MR) is 69.7 cm³/mol. The topological polar surface area (TPSA) is 68.0 Å². The van der Waals surface area contributed by atoms with Crippen LogP contribution in [0.1, 0.15) is 37.8 Å². The van der Waals surface area contributed by atoms with Gasteiger partial charge in [0.2, 0.25) is 5.91 Å². The Morgan fingerprint density at radius 2 is 2.06 bits per heavy atom. The molecule has 4 heteroatoms. The number of aromatic nitrogens is 1. The van der Waals surface area contributed by atoms with Gasteiger partial charge in [0.15, 0.2) is 0 Å². The van der Waals surface area contributed by atoms with Crippen molar-refractivity contribution in [3.63, 3.8) is 0 Å². The maximum absolute atomic E-state index is 11.6. The molecular formula is C13H21N3O. The number of rotatable bonds is 7. The average molecular weight is 235 g/mol. The molecular weight excluding hydrogens is 214 g/mol. The molecule has 1 aromatic rings. The monoisotopic (exact) mass is 235 g/mol. The van der Waals surface area contributed by atoms with Crippen LogP contribution in [0.5, 0.6) is 0 Å². The van der Waals surface area contributed by atoms with E-state index in [1.807, 2.05) is 19.1 Å². The van der Waals surface area contributed by atoms with Gasteiger partial charge in [0.25, 0.3) is 0 Å². The lowest BCUT2D eigenvalue weighted by Gasteiger charge is -2.04. The van der Waals surface area contributed by atoms with Crippen LogP contribution in [0.3, 0.4) is 0 Å². The number of nitrogens with two attached hydrogens (primary N) is 1. The van der Waals surface area contributed by atoms with Gasteiger partial charge < -0.3 is 11.1 Å². The van der Waals surface area contributed by atoms with Gasteiger partial charge >= 0.3 is 0 Å². The zero-order valence-electron chi connectivity index (χ0n) is 10.4. The van der Waals surface area contributed by atoms with Gasteiger partial charge in [-0.3, -0.25) is 4.79 Å². The minimum atomic E-state index is 0.0378. The smallest absolute Gasteiger partial charge is 0.225 e. The lowest BCUT2D eigenvalue weighted by Crippen LogP contribution is -2.12. The fraction of sp³-hybridized carbons (Fsp3) is 0.538. The largest absolute Gasteiger partial charge is 0.330 e. The second-order valence-corrected chi connectivity index (χ2v) is 4.17. The van der Waals surface area contributed by atoms with Crippen LogP contribution in [0.2, 0.25) is 0 Å². The van der Waals surface area contributed by atoms with Gasteiger partial charge in [0, 0.05) is 12.1 Å². The summed E-state index contributed by atoms with van der Waals surface area (Å²) in [4.78, 5) is 15.8. The Labute approximate surface area is 103 Å². The maximum Gasteiger partial charge on any atom is 0.225 e. The molecule has 3 N–H and O–H groups in total. The van der Waals surface area contributed by atoms with E-state index in [4.69, 9.17) is 5.73 Å². The van der Waals surface area contributed by atoms with Crippen LogP contribution < -0.4 is 11.1 Å². The highest BCUT2D eigenvalue weighted by Crippen LogP contribution is 2.07. The third-order valence-electron chi connectivity index (χ3n) is 2.51. The number of unbranched alkanes of at least 4 members (excludes halogenated alkanes) is 3. The van der Waals surface area contributed by atoms with Crippen LogP contribution >= 0.6 is 0 Å². The first-order chi connectivity index (χ1) is 8.22. The highest BCUT2D eigenvalue weighted by molar-refractivity contribution is 5.89. The number of nitrogens with zero attached hydrogens (tertiary/aromatic N) is 1. The fourth-order valence-corrected chi connectivity index (χ4v) is 1.60. The van der Waals surface area contributed by atoms with Crippen molar-refractivity contribution in [2.24, 2.45) is 5.73 Å². The molecule has 0 aliphatic carbocycles. The Balaban J connectivity index is 2.21. The van der Waals surface area contributed by atoms with Crippen LogP contribution in [0.4, 0.5) is 5.82 Å². The van der Waals surface area contributed by atoms with Crippen molar-refractivity contribution in [1.29, 1.82) is 0 Å². The van der Waals surface area contributed by atoms with Crippen LogP contribution in [0, 0.1) is 6.92 Å². The highest BCUT2D eigenvalue weighted by Gasteiger charge is 2.02. The Morgan fingerprint density at radius 1 is 1.29 bits per heavy atom. The third-order valence-corrected chi connectivity index (χ3v) is 2.51. The molecule has 0 aliphatic heterocycles. The minimum absolute atomic E-state index is 0.0378. The average Bonchev–Trinajstić information content (AvgIpc) is 2.29. The van der Waals surface area contributed by atoms with E-state index in [0.717, 1.165) is 37.9 Å². The van der Waals surface area contributed by atoms with E-state index in [0.29, 0.717) is 12.2 Å². The molecule has 0 bridgehead atoms. The summed E-state index contributed by atoms with van der Waals surface area (Å²) in [6.45, 7) is 2.64. The van der Waals surface area contributed by atoms with Gasteiger partial charge in [-0.05, 0) is 38.4 Å². The van der Waals surface area contributed by atoms with Crippen LogP contribution in [0.25, 0.3) is 0 Å². The highest BCUT2D eigenvalue weighted by atomic mass is 16.1. The van der Waals surface area contributed by atoms with Crippen LogP contribution in [-0.2, 0) is 4.79 Å². The lowest BCUT2D eigenvalue weighted by molar-refractivity contribution is -0.116. The van der Waals surface area contributed by atoms with E-state index in [1.54, 1.807) is 6.07 Å². The second kappa shape index (κ2) is 7.79. The SMILES string of the molecule is Cc1cccc(NC(=O)CCCCCCN)n1. The number of anilines is 1. The van der Waals surface area contributed by atoms with Crippen molar-refractivity contribution in [1.82, 2.24) is 4.98 Å². The number of nitrogens with one attached hydrogen (secondary N) is 1. The van der Waals surface area contributed by atoms with Gasteiger partial charge in [-0.15, -0.1) is 0 Å². The van der Waals surface area contributed by atoms with Gasteiger partial charge in [-0.25, -0.2) is 4.98 Å². The number of hydrogen-bond acceptors (Lipinski definition) is 3. The maximum atomic E-state index is 11.6. The summed E-state index contributed by atoms with van der Waals surface area (Å²) in [5.74, 6) is 0.674. The van der Waals surface area contributed by atoms with Gasteiger partial charge in [-0.1, -0.05) is 18.9 Å². The summed E-state index contributed by atoms with van der Waals surface area (Å²) in [7, 11) is 0. The van der Waals surface area contributed by atoms with Gasteiger partial charge in [0.05, 0.1) is 0 Å². The Kier molecular flexibility index (Phi) is 6.25. The van der Waals surface area contributed by atoms with Gasteiger partial charge in [-0.2, -0.15) is 0 Å². The quantitative estimate of drug-likeness (QED) is 0.712. The molecule has 1 aromatic heterocycles. The lowest BCUT2D eigenvalue weighted by atomic mass is 10.1. The molecule has 4 nitrogen and oxygen atoms in total. The molecule has 1 rings (SSSR count). The molecule has 0 atom stereocenters. The summed E-state index contributed by atoms with van der Waals surface area (Å²) in [5, 5.41) is 2.80. The zero-order valence-corrected chi connectivity index (χ0v) is 10.4. The van der Waals surface area contributed by atoms with Crippen LogP contribution in [-0.4, -0.2) is 17.4 Å². The molecule has 94 valence electrons. The molecule has 1 amide bonds. The van der Waals surface area contributed by atoms with E-state index >= 15 is 0 Å². The summed E-state index contributed by atoms with van der Waals surface area (Å²) in [5.41, 5.74) is 6.31. The Bertz CT molecular complexity index is 352. The normalized spacial score (nSPS) is 10.2. The van der Waals surface area contributed by atoms with E-state index in [1.165, 1.54) is 0 Å². The van der Waals surface area contributed by atoms with Crippen molar-refractivity contribution < 1.29 is 4.79 Å². The number of hydrogen-bond donors (Lipinski definition) is 2. The number of carbonyl (C=O) groups excluding carboxylic acids is 1. The molecule has 0 radical (unpaired) electrons. The van der Waals surface area contributed by atoms with Crippen LogP contribution in [0.15, 0.2) is 18.2 Å². The summed E-state index contributed by atoms with van der Waals surface area (Å²) in [6.07, 6.45) is 4.68. The number of carbonyl (C=O) groups is 1. The second-order valence-electron chi connectivity index (χ2n) is 4.17. The first-order valence-corrected chi connectivity index (χ1v) is 6.16. The third kappa shape index (κ3) is 6.02. The number of pyridine rings is 1. The Morgan fingerprint density at radius 3 is 2.76 bits per heavy atom. The van der Waals surface area contributed by atoms with Gasteiger partial charge in [0.1, 0.15) is 5.82 Å². The molecule has 17 heavy (non-hydrogen) atoms. The van der Waals surface area contributed by atoms with E-state index in [2.05, 4.69) is 10.3 Å². The summed E-state index contributed by atoms with van der Waals surface area (Å²) >= 11 is 0. The van der Waals surface area contributed by atoms with E-state index in [9.17, 15) is 4.79 Å². The van der Waals surface area contributed by atoms with Crippen molar-refractivity contribution in [2.75, 3.05) is 11.9 Å². The molecule has 0 saturated carbocycles. The Hall–Kier alpha value is -1.42. The number of aryl methyl sites for hydroxylation is 1.